The summed E-state index contributed by atoms with van der Waals surface area (Å²) in [6, 6.07) is 9.43. The van der Waals surface area contributed by atoms with E-state index >= 15 is 0 Å². The zero-order valence-electron chi connectivity index (χ0n) is 8.53. The minimum atomic E-state index is -0.840. The molecular weight excluding hydrogens is 195 g/mol. The molecule has 0 fully saturated rings. The quantitative estimate of drug-likeness (QED) is 0.783. The summed E-state index contributed by atoms with van der Waals surface area (Å²) >= 11 is 0. The molecule has 15 heavy (non-hydrogen) atoms. The van der Waals surface area contributed by atoms with Gasteiger partial charge >= 0.3 is 5.97 Å². The van der Waals surface area contributed by atoms with Gasteiger partial charge in [0.2, 0.25) is 0 Å². The molecule has 0 saturated heterocycles. The Bertz CT molecular complexity index is 298. The molecule has 1 N–H and O–H groups in total. The van der Waals surface area contributed by atoms with Gasteiger partial charge in [-0.3, -0.25) is 9.18 Å². The van der Waals surface area contributed by atoms with E-state index in [-0.39, 0.29) is 0 Å². The van der Waals surface area contributed by atoms with Crippen LogP contribution in [0.25, 0.3) is 0 Å². The summed E-state index contributed by atoms with van der Waals surface area (Å²) in [6.07, 6.45) is 1.21. The first-order chi connectivity index (χ1) is 7.24. The highest BCUT2D eigenvalue weighted by Gasteiger charge is 2.17. The Hall–Kier alpha value is -1.38. The fourth-order valence-electron chi connectivity index (χ4n) is 1.54. The van der Waals surface area contributed by atoms with E-state index in [4.69, 9.17) is 5.11 Å². The summed E-state index contributed by atoms with van der Waals surface area (Å²) < 4.78 is 12.0. The van der Waals surface area contributed by atoms with E-state index in [1.54, 1.807) is 0 Å². The third kappa shape index (κ3) is 4.11. The number of carbonyl (C=O) groups is 1. The van der Waals surface area contributed by atoms with Gasteiger partial charge in [-0.25, -0.2) is 0 Å². The largest absolute Gasteiger partial charge is 0.481 e. The molecule has 2 nitrogen and oxygen atoms in total. The van der Waals surface area contributed by atoms with Crippen LogP contribution in [0, 0.1) is 5.92 Å². The molecule has 82 valence electrons. The molecule has 0 amide bonds. The van der Waals surface area contributed by atoms with Crippen molar-refractivity contribution >= 4 is 5.97 Å². The fraction of sp³-hybridized carbons (Fsp3) is 0.417. The highest BCUT2D eigenvalue weighted by molar-refractivity contribution is 5.70. The lowest BCUT2D eigenvalue weighted by atomic mass is 9.95. The predicted molar refractivity (Wildman–Crippen MR) is 56.5 cm³/mol. The normalized spacial score (nSPS) is 12.3. The van der Waals surface area contributed by atoms with Gasteiger partial charge in [0.1, 0.15) is 0 Å². The van der Waals surface area contributed by atoms with Crippen LogP contribution >= 0.6 is 0 Å². The number of aliphatic carboxylic acids is 1. The maximum absolute atomic E-state index is 12.0. The minimum absolute atomic E-state index is 0.323. The van der Waals surface area contributed by atoms with Gasteiger partial charge in [0.15, 0.2) is 0 Å². The molecule has 3 heteroatoms. The Labute approximate surface area is 88.7 Å². The predicted octanol–water partition coefficient (Wildman–Crippen LogP) is 2.68. The van der Waals surface area contributed by atoms with Crippen LogP contribution in [0.15, 0.2) is 30.3 Å². The second-order valence-electron chi connectivity index (χ2n) is 3.56. The molecular formula is C12H15FO2. The molecule has 0 saturated carbocycles. The van der Waals surface area contributed by atoms with Crippen LogP contribution in [-0.4, -0.2) is 17.8 Å². The summed E-state index contributed by atoms with van der Waals surface area (Å²) in [6.45, 7) is -0.446. The molecule has 1 rings (SSSR count). The standard InChI is InChI=1S/C12H15FO2/c13-8-4-7-11(12(14)15)9-10-5-2-1-3-6-10/h1-3,5-6,11H,4,7-9H2,(H,14,15). The smallest absolute Gasteiger partial charge is 0.306 e. The van der Waals surface area contributed by atoms with E-state index in [1.165, 1.54) is 0 Å². The maximum Gasteiger partial charge on any atom is 0.306 e. The van der Waals surface area contributed by atoms with Gasteiger partial charge in [-0.1, -0.05) is 30.3 Å². The lowest BCUT2D eigenvalue weighted by Gasteiger charge is -2.10. The zero-order valence-corrected chi connectivity index (χ0v) is 8.53. The van der Waals surface area contributed by atoms with Crippen LogP contribution < -0.4 is 0 Å². The van der Waals surface area contributed by atoms with E-state index in [0.717, 1.165) is 5.56 Å². The number of benzene rings is 1. The van der Waals surface area contributed by atoms with Crippen molar-refractivity contribution in [3.05, 3.63) is 35.9 Å². The Morgan fingerprint density at radius 1 is 1.33 bits per heavy atom. The second kappa shape index (κ2) is 6.17. The summed E-state index contributed by atoms with van der Waals surface area (Å²) in [5.41, 5.74) is 0.990. The molecule has 0 aliphatic carbocycles. The van der Waals surface area contributed by atoms with E-state index in [1.807, 2.05) is 30.3 Å². The zero-order chi connectivity index (χ0) is 11.1. The Kier molecular flexibility index (Phi) is 4.81. The molecule has 0 bridgehead atoms. The number of halogens is 1. The Morgan fingerprint density at radius 3 is 2.53 bits per heavy atom. The highest BCUT2D eigenvalue weighted by Crippen LogP contribution is 2.14. The first kappa shape index (κ1) is 11.7. The molecule has 1 aromatic carbocycles. The Morgan fingerprint density at radius 2 is 2.00 bits per heavy atom. The SMILES string of the molecule is O=C(O)C(CCCF)Cc1ccccc1. The average Bonchev–Trinajstić information content (AvgIpc) is 2.25. The minimum Gasteiger partial charge on any atom is -0.481 e. The van der Waals surface area contributed by atoms with Crippen LogP contribution in [-0.2, 0) is 11.2 Å². The molecule has 0 aromatic heterocycles. The van der Waals surface area contributed by atoms with E-state index in [9.17, 15) is 9.18 Å². The lowest BCUT2D eigenvalue weighted by Crippen LogP contribution is -2.16. The summed E-state index contributed by atoms with van der Waals surface area (Å²) in [4.78, 5) is 10.9. The van der Waals surface area contributed by atoms with Gasteiger partial charge in [-0.05, 0) is 24.8 Å². The average molecular weight is 210 g/mol. The molecule has 1 atom stereocenters. The van der Waals surface area contributed by atoms with Crippen LogP contribution in [0.1, 0.15) is 18.4 Å². The summed E-state index contributed by atoms with van der Waals surface area (Å²) in [5, 5.41) is 8.94. The number of rotatable bonds is 6. The summed E-state index contributed by atoms with van der Waals surface area (Å²) in [5.74, 6) is -1.31. The number of carboxylic acid groups (broad SMARTS) is 1. The fourth-order valence-corrected chi connectivity index (χ4v) is 1.54. The third-order valence-corrected chi connectivity index (χ3v) is 2.36. The van der Waals surface area contributed by atoms with E-state index in [2.05, 4.69) is 0 Å². The van der Waals surface area contributed by atoms with Gasteiger partial charge in [-0.2, -0.15) is 0 Å². The van der Waals surface area contributed by atoms with Crippen LogP contribution in [0.2, 0.25) is 0 Å². The third-order valence-electron chi connectivity index (χ3n) is 2.36. The van der Waals surface area contributed by atoms with Crippen molar-refractivity contribution in [3.63, 3.8) is 0 Å². The lowest BCUT2D eigenvalue weighted by molar-refractivity contribution is -0.142. The summed E-state index contributed by atoms with van der Waals surface area (Å²) in [7, 11) is 0. The number of carboxylic acids is 1. The first-order valence-corrected chi connectivity index (χ1v) is 5.06. The molecule has 0 heterocycles. The topological polar surface area (TPSA) is 37.3 Å². The van der Waals surface area contributed by atoms with Crippen molar-refractivity contribution in [1.29, 1.82) is 0 Å². The van der Waals surface area contributed by atoms with Crippen molar-refractivity contribution < 1.29 is 14.3 Å². The maximum atomic E-state index is 12.0. The van der Waals surface area contributed by atoms with Crippen molar-refractivity contribution in [3.8, 4) is 0 Å². The number of hydrogen-bond acceptors (Lipinski definition) is 1. The van der Waals surface area contributed by atoms with Gasteiger partial charge in [-0.15, -0.1) is 0 Å². The Balaban J connectivity index is 2.55. The van der Waals surface area contributed by atoms with Crippen molar-refractivity contribution in [2.75, 3.05) is 6.67 Å². The van der Waals surface area contributed by atoms with E-state index < -0.39 is 18.6 Å². The van der Waals surface area contributed by atoms with Gasteiger partial charge in [0, 0.05) is 0 Å². The number of hydrogen-bond donors (Lipinski definition) is 1. The van der Waals surface area contributed by atoms with Crippen LogP contribution in [0.3, 0.4) is 0 Å². The van der Waals surface area contributed by atoms with Gasteiger partial charge < -0.3 is 5.11 Å². The molecule has 1 aromatic rings. The van der Waals surface area contributed by atoms with Crippen molar-refractivity contribution in [2.24, 2.45) is 5.92 Å². The molecule has 1 unspecified atom stereocenters. The van der Waals surface area contributed by atoms with Crippen molar-refractivity contribution in [1.82, 2.24) is 0 Å². The highest BCUT2D eigenvalue weighted by atomic mass is 19.1. The molecule has 0 aliphatic rings. The van der Waals surface area contributed by atoms with Crippen molar-refractivity contribution in [2.45, 2.75) is 19.3 Å². The van der Waals surface area contributed by atoms with Gasteiger partial charge in [0.05, 0.1) is 12.6 Å². The van der Waals surface area contributed by atoms with Gasteiger partial charge in [0.25, 0.3) is 0 Å². The van der Waals surface area contributed by atoms with Crippen LogP contribution in [0.4, 0.5) is 4.39 Å². The first-order valence-electron chi connectivity index (χ1n) is 5.06. The monoisotopic (exact) mass is 210 g/mol. The second-order valence-corrected chi connectivity index (χ2v) is 3.56. The molecule has 0 aliphatic heterocycles. The molecule has 0 radical (unpaired) electrons. The number of alkyl halides is 1. The molecule has 0 spiro atoms. The van der Waals surface area contributed by atoms with Crippen LogP contribution in [0.5, 0.6) is 0 Å². The van der Waals surface area contributed by atoms with E-state index in [0.29, 0.717) is 19.3 Å².